The molecule has 0 radical (unpaired) electrons. The van der Waals surface area contributed by atoms with E-state index in [2.05, 4.69) is 42.5 Å². The van der Waals surface area contributed by atoms with Gasteiger partial charge in [0.1, 0.15) is 11.6 Å². The Labute approximate surface area is 196 Å². The van der Waals surface area contributed by atoms with Crippen molar-refractivity contribution in [1.29, 1.82) is 0 Å². The first-order chi connectivity index (χ1) is 15.7. The zero-order valence-corrected chi connectivity index (χ0v) is 19.5. The highest BCUT2D eigenvalue weighted by molar-refractivity contribution is 7.80. The molecular formula is C24H34N6OS. The van der Waals surface area contributed by atoms with E-state index in [0.717, 1.165) is 56.1 Å². The van der Waals surface area contributed by atoms with Crippen molar-refractivity contribution in [1.82, 2.24) is 25.4 Å². The summed E-state index contributed by atoms with van der Waals surface area (Å²) in [6.45, 7) is 9.68. The van der Waals surface area contributed by atoms with Crippen molar-refractivity contribution >= 4 is 23.1 Å². The van der Waals surface area contributed by atoms with E-state index in [1.165, 1.54) is 32.5 Å². The Hall–Kier alpha value is -2.16. The van der Waals surface area contributed by atoms with Crippen molar-refractivity contribution in [3.05, 3.63) is 48.6 Å². The van der Waals surface area contributed by atoms with Crippen LogP contribution in [0.4, 0.5) is 5.82 Å². The summed E-state index contributed by atoms with van der Waals surface area (Å²) in [5.41, 5.74) is 0. The fourth-order valence-corrected chi connectivity index (χ4v) is 5.71. The standard InChI is InChI=1S/C24H34N6OS/c32-24(27-16-22-4-3-13-31-22)26-15-21-14-19-6-8-30(21)18-20(19)17-28-9-11-29(12-10-28)23-5-1-2-7-25-23/h1-5,7,13,19-21H,6,8-12,14-18H2,(H2,26,27,32). The summed E-state index contributed by atoms with van der Waals surface area (Å²) >= 11 is 5.46. The summed E-state index contributed by atoms with van der Waals surface area (Å²) in [4.78, 5) is 12.3. The molecule has 7 nitrogen and oxygen atoms in total. The lowest BCUT2D eigenvalue weighted by Gasteiger charge is -2.51. The number of nitrogens with zero attached hydrogens (tertiary/aromatic N) is 4. The van der Waals surface area contributed by atoms with Gasteiger partial charge in [-0.25, -0.2) is 4.98 Å². The third kappa shape index (κ3) is 5.24. The predicted molar refractivity (Wildman–Crippen MR) is 131 cm³/mol. The van der Waals surface area contributed by atoms with Gasteiger partial charge in [-0.3, -0.25) is 9.80 Å². The molecule has 0 saturated carbocycles. The highest BCUT2D eigenvalue weighted by atomic mass is 32.1. The van der Waals surface area contributed by atoms with Gasteiger partial charge in [-0.2, -0.15) is 0 Å². The first kappa shape index (κ1) is 21.7. The molecule has 0 aliphatic carbocycles. The molecule has 4 unspecified atom stereocenters. The van der Waals surface area contributed by atoms with Gasteiger partial charge in [0, 0.05) is 58.1 Å². The van der Waals surface area contributed by atoms with E-state index >= 15 is 0 Å². The van der Waals surface area contributed by atoms with E-state index in [4.69, 9.17) is 16.6 Å². The number of aromatic nitrogens is 1. The average molecular weight is 455 g/mol. The van der Waals surface area contributed by atoms with Gasteiger partial charge >= 0.3 is 0 Å². The zero-order chi connectivity index (χ0) is 21.8. The summed E-state index contributed by atoms with van der Waals surface area (Å²) in [7, 11) is 0. The monoisotopic (exact) mass is 454 g/mol. The minimum absolute atomic E-state index is 0.592. The lowest BCUT2D eigenvalue weighted by molar-refractivity contribution is -0.0110. The van der Waals surface area contributed by atoms with E-state index in [-0.39, 0.29) is 0 Å². The Bertz CT molecular complexity index is 855. The number of hydrogen-bond acceptors (Lipinski definition) is 6. The molecule has 4 aliphatic heterocycles. The average Bonchev–Trinajstić information content (AvgIpc) is 3.37. The Kier molecular flexibility index (Phi) is 6.90. The van der Waals surface area contributed by atoms with Crippen LogP contribution in [0.3, 0.4) is 0 Å². The van der Waals surface area contributed by atoms with Crippen molar-refractivity contribution in [2.45, 2.75) is 25.4 Å². The second kappa shape index (κ2) is 10.2. The fraction of sp³-hybridized carbons (Fsp3) is 0.583. The summed E-state index contributed by atoms with van der Waals surface area (Å²) in [6.07, 6.45) is 6.21. The number of thiocarbonyl (C=S) groups is 1. The van der Waals surface area contributed by atoms with Crippen LogP contribution in [0.15, 0.2) is 47.2 Å². The van der Waals surface area contributed by atoms with E-state index in [1.54, 1.807) is 6.26 Å². The minimum atomic E-state index is 0.592. The summed E-state index contributed by atoms with van der Waals surface area (Å²) < 4.78 is 5.35. The molecule has 2 aromatic rings. The second-order valence-corrected chi connectivity index (χ2v) is 9.72. The van der Waals surface area contributed by atoms with Crippen molar-refractivity contribution in [3.63, 3.8) is 0 Å². The molecule has 2 aromatic heterocycles. The predicted octanol–water partition coefficient (Wildman–Crippen LogP) is 2.17. The fourth-order valence-electron chi connectivity index (χ4n) is 5.55. The van der Waals surface area contributed by atoms with Crippen molar-refractivity contribution in [2.75, 3.05) is 57.3 Å². The topological polar surface area (TPSA) is 59.8 Å². The van der Waals surface area contributed by atoms with Gasteiger partial charge in [0.25, 0.3) is 0 Å². The number of pyridine rings is 1. The number of piperazine rings is 1. The number of anilines is 1. The number of hydrogen-bond donors (Lipinski definition) is 2. The number of furan rings is 1. The minimum Gasteiger partial charge on any atom is -0.467 e. The third-order valence-electron chi connectivity index (χ3n) is 7.35. The highest BCUT2D eigenvalue weighted by Gasteiger charge is 2.40. The number of fused-ring (bicyclic) bond motifs is 3. The molecular weight excluding hydrogens is 420 g/mol. The molecule has 4 fully saturated rings. The third-order valence-corrected chi connectivity index (χ3v) is 7.64. The Balaban J connectivity index is 1.04. The van der Waals surface area contributed by atoms with Crippen LogP contribution < -0.4 is 15.5 Å². The maximum atomic E-state index is 5.46. The molecule has 4 atom stereocenters. The van der Waals surface area contributed by atoms with Crippen molar-refractivity contribution in [3.8, 4) is 0 Å². The maximum absolute atomic E-state index is 5.46. The molecule has 32 heavy (non-hydrogen) atoms. The van der Waals surface area contributed by atoms with Crippen LogP contribution in [-0.4, -0.2) is 78.3 Å². The molecule has 8 heteroatoms. The second-order valence-electron chi connectivity index (χ2n) is 9.31. The highest BCUT2D eigenvalue weighted by Crippen LogP contribution is 2.36. The van der Waals surface area contributed by atoms with E-state index in [0.29, 0.717) is 17.7 Å². The SMILES string of the molecule is S=C(NCc1ccco1)NCC1CC2CCN1CC2CN1CCN(c2ccccn2)CC1. The van der Waals surface area contributed by atoms with Gasteiger partial charge in [0.05, 0.1) is 12.8 Å². The molecule has 0 spiro atoms. The van der Waals surface area contributed by atoms with Crippen molar-refractivity contribution in [2.24, 2.45) is 11.8 Å². The zero-order valence-electron chi connectivity index (χ0n) is 18.7. The molecule has 4 aliphatic rings. The Morgan fingerprint density at radius 3 is 2.72 bits per heavy atom. The molecule has 6 heterocycles. The first-order valence-corrected chi connectivity index (χ1v) is 12.3. The lowest BCUT2D eigenvalue weighted by Crippen LogP contribution is -2.59. The van der Waals surface area contributed by atoms with Crippen LogP contribution in [0.5, 0.6) is 0 Å². The Morgan fingerprint density at radius 1 is 1.09 bits per heavy atom. The Morgan fingerprint density at radius 2 is 2.00 bits per heavy atom. The quantitative estimate of drug-likeness (QED) is 0.618. The smallest absolute Gasteiger partial charge is 0.166 e. The van der Waals surface area contributed by atoms with E-state index < -0.39 is 0 Å². The summed E-state index contributed by atoms with van der Waals surface area (Å²) in [6, 6.07) is 10.6. The van der Waals surface area contributed by atoms with Gasteiger partial charge in [-0.1, -0.05) is 6.07 Å². The number of piperidine rings is 3. The van der Waals surface area contributed by atoms with Crippen LogP contribution in [-0.2, 0) is 6.54 Å². The molecule has 172 valence electrons. The summed E-state index contributed by atoms with van der Waals surface area (Å²) in [5, 5.41) is 7.39. The van der Waals surface area contributed by atoms with Gasteiger partial charge in [-0.05, 0) is 67.7 Å². The van der Waals surface area contributed by atoms with Crippen molar-refractivity contribution < 1.29 is 4.42 Å². The lowest BCUT2D eigenvalue weighted by atomic mass is 9.75. The molecule has 2 N–H and O–H groups in total. The number of rotatable bonds is 7. The molecule has 6 rings (SSSR count). The van der Waals surface area contributed by atoms with Crippen LogP contribution in [0.2, 0.25) is 0 Å². The van der Waals surface area contributed by atoms with Gasteiger partial charge < -0.3 is 20.0 Å². The van der Waals surface area contributed by atoms with Gasteiger partial charge in [0.2, 0.25) is 0 Å². The van der Waals surface area contributed by atoms with E-state index in [1.807, 2.05) is 24.4 Å². The first-order valence-electron chi connectivity index (χ1n) is 11.9. The molecule has 0 aromatic carbocycles. The van der Waals surface area contributed by atoms with Crippen LogP contribution in [0.1, 0.15) is 18.6 Å². The summed E-state index contributed by atoms with van der Waals surface area (Å²) in [5.74, 6) is 3.65. The molecule has 4 saturated heterocycles. The van der Waals surface area contributed by atoms with Gasteiger partial charge in [0.15, 0.2) is 5.11 Å². The van der Waals surface area contributed by atoms with Crippen LogP contribution in [0, 0.1) is 11.8 Å². The normalized spacial score (nSPS) is 27.9. The van der Waals surface area contributed by atoms with E-state index in [9.17, 15) is 0 Å². The molecule has 0 amide bonds. The van der Waals surface area contributed by atoms with Crippen LogP contribution >= 0.6 is 12.2 Å². The molecule has 2 bridgehead atoms. The largest absolute Gasteiger partial charge is 0.467 e. The maximum Gasteiger partial charge on any atom is 0.166 e. The van der Waals surface area contributed by atoms with Crippen LogP contribution in [0.25, 0.3) is 0 Å². The number of nitrogens with one attached hydrogen (secondary N) is 2. The van der Waals surface area contributed by atoms with Gasteiger partial charge in [-0.15, -0.1) is 0 Å².